The molecule has 3 N–H and O–H groups in total. The maximum Gasteiger partial charge on any atom is 0.253 e. The third-order valence-corrected chi connectivity index (χ3v) is 4.05. The van der Waals surface area contributed by atoms with Gasteiger partial charge < -0.3 is 15.5 Å². The molecule has 1 atom stereocenters. The van der Waals surface area contributed by atoms with Gasteiger partial charge in [0.25, 0.3) is 5.56 Å². The van der Waals surface area contributed by atoms with Crippen LogP contribution < -0.4 is 11.3 Å². The summed E-state index contributed by atoms with van der Waals surface area (Å²) < 4.78 is 5.73. The number of nitrogens with zero attached hydrogens (tertiary/aromatic N) is 2. The minimum atomic E-state index is -0.219. The van der Waals surface area contributed by atoms with Crippen LogP contribution in [0.2, 0.25) is 0 Å². The van der Waals surface area contributed by atoms with Crippen LogP contribution in [0.25, 0.3) is 0 Å². The molecule has 0 bridgehead atoms. The van der Waals surface area contributed by atoms with Crippen molar-refractivity contribution in [2.75, 3.05) is 31.2 Å². The van der Waals surface area contributed by atoms with Crippen molar-refractivity contribution in [1.29, 1.82) is 0 Å². The molecule has 1 aromatic rings. The van der Waals surface area contributed by atoms with Crippen LogP contribution in [0.3, 0.4) is 0 Å². The van der Waals surface area contributed by atoms with E-state index in [1.165, 1.54) is 17.8 Å². The van der Waals surface area contributed by atoms with Crippen molar-refractivity contribution in [2.45, 2.75) is 31.1 Å². The predicted molar refractivity (Wildman–Crippen MR) is 76.4 cm³/mol. The molecule has 0 aliphatic carbocycles. The average Bonchev–Trinajstić information content (AvgIpc) is 2.35. The number of nitrogens with two attached hydrogens (primary N) is 1. The van der Waals surface area contributed by atoms with Gasteiger partial charge in [-0.3, -0.25) is 9.69 Å². The van der Waals surface area contributed by atoms with Crippen LogP contribution in [0.5, 0.6) is 0 Å². The quantitative estimate of drug-likeness (QED) is 0.620. The summed E-state index contributed by atoms with van der Waals surface area (Å²) in [5.41, 5.74) is 5.33. The Morgan fingerprint density at radius 1 is 1.68 bits per heavy atom. The number of aromatic amines is 1. The van der Waals surface area contributed by atoms with E-state index in [1.54, 1.807) is 0 Å². The van der Waals surface area contributed by atoms with E-state index in [4.69, 9.17) is 10.5 Å². The van der Waals surface area contributed by atoms with Gasteiger partial charge >= 0.3 is 0 Å². The highest BCUT2D eigenvalue weighted by molar-refractivity contribution is 7.99. The van der Waals surface area contributed by atoms with Crippen molar-refractivity contribution in [1.82, 2.24) is 14.9 Å². The van der Waals surface area contributed by atoms with E-state index in [0.717, 1.165) is 25.4 Å². The standard InChI is InChI=1S/C12H20N4O2S/c1-8(2)16-3-4-18-9(6-16)7-19-12-14-10(13)5-11(17)15-12/h5,8-9H,3-4,6-7H2,1-2H3,(H3,13,14,15,17). The van der Waals surface area contributed by atoms with E-state index >= 15 is 0 Å². The molecule has 0 amide bonds. The van der Waals surface area contributed by atoms with E-state index < -0.39 is 0 Å². The molecule has 0 spiro atoms. The Balaban J connectivity index is 1.89. The van der Waals surface area contributed by atoms with Gasteiger partial charge in [-0.1, -0.05) is 11.8 Å². The molecule has 6 nitrogen and oxygen atoms in total. The number of morpholine rings is 1. The lowest BCUT2D eigenvalue weighted by molar-refractivity contribution is -0.0265. The van der Waals surface area contributed by atoms with Gasteiger partial charge in [0, 0.05) is 31.0 Å². The number of ether oxygens (including phenoxy) is 1. The summed E-state index contributed by atoms with van der Waals surface area (Å²) in [7, 11) is 0. The number of nitrogens with one attached hydrogen (secondary N) is 1. The van der Waals surface area contributed by atoms with Gasteiger partial charge in [0.2, 0.25) is 0 Å². The average molecular weight is 284 g/mol. The first-order valence-corrected chi connectivity index (χ1v) is 7.38. The number of aromatic nitrogens is 2. The molecule has 0 saturated carbocycles. The lowest BCUT2D eigenvalue weighted by atomic mass is 10.2. The third kappa shape index (κ3) is 4.22. The molecule has 0 radical (unpaired) electrons. The Morgan fingerprint density at radius 2 is 2.47 bits per heavy atom. The molecule has 19 heavy (non-hydrogen) atoms. The van der Waals surface area contributed by atoms with E-state index in [9.17, 15) is 4.79 Å². The molecule has 0 aromatic carbocycles. The first-order valence-electron chi connectivity index (χ1n) is 6.40. The Labute approximate surface area is 116 Å². The highest BCUT2D eigenvalue weighted by atomic mass is 32.2. The molecule has 1 aliphatic heterocycles. The zero-order chi connectivity index (χ0) is 13.8. The van der Waals surface area contributed by atoms with Crippen molar-refractivity contribution >= 4 is 17.6 Å². The third-order valence-electron chi connectivity index (χ3n) is 3.05. The Hall–Kier alpha value is -1.05. The lowest BCUT2D eigenvalue weighted by Crippen LogP contribution is -2.46. The van der Waals surface area contributed by atoms with Crippen molar-refractivity contribution in [3.05, 3.63) is 16.4 Å². The number of nitrogen functional groups attached to an aromatic ring is 1. The summed E-state index contributed by atoms with van der Waals surface area (Å²) in [5.74, 6) is 1.01. The van der Waals surface area contributed by atoms with Crippen LogP contribution in [-0.2, 0) is 4.74 Å². The van der Waals surface area contributed by atoms with E-state index in [-0.39, 0.29) is 17.5 Å². The van der Waals surface area contributed by atoms with Crippen molar-refractivity contribution in [3.8, 4) is 0 Å². The Bertz CT molecular complexity index is 477. The first kappa shape index (κ1) is 14.4. The fourth-order valence-corrected chi connectivity index (χ4v) is 2.89. The zero-order valence-corrected chi connectivity index (χ0v) is 12.1. The maximum absolute atomic E-state index is 11.3. The number of hydrogen-bond acceptors (Lipinski definition) is 6. The minimum Gasteiger partial charge on any atom is -0.383 e. The molecular weight excluding hydrogens is 264 g/mol. The predicted octanol–water partition coefficient (Wildman–Crippen LogP) is 0.553. The van der Waals surface area contributed by atoms with Crippen molar-refractivity contribution < 1.29 is 4.74 Å². The van der Waals surface area contributed by atoms with Gasteiger partial charge in [-0.05, 0) is 13.8 Å². The Kier molecular flexibility index (Phi) is 4.84. The fourth-order valence-electron chi connectivity index (χ4n) is 2.01. The molecule has 1 aliphatic rings. The zero-order valence-electron chi connectivity index (χ0n) is 11.3. The number of H-pyrrole nitrogens is 1. The Morgan fingerprint density at radius 3 is 3.16 bits per heavy atom. The summed E-state index contributed by atoms with van der Waals surface area (Å²) in [4.78, 5) is 20.4. The molecule has 1 unspecified atom stereocenters. The van der Waals surface area contributed by atoms with Gasteiger partial charge in [-0.2, -0.15) is 0 Å². The second kappa shape index (κ2) is 6.40. The van der Waals surface area contributed by atoms with Gasteiger partial charge in [0.15, 0.2) is 5.16 Å². The smallest absolute Gasteiger partial charge is 0.253 e. The molecular formula is C12H20N4O2S. The minimum absolute atomic E-state index is 0.160. The summed E-state index contributed by atoms with van der Waals surface area (Å²) in [6, 6.07) is 1.81. The van der Waals surface area contributed by atoms with Crippen molar-refractivity contribution in [3.63, 3.8) is 0 Å². The van der Waals surface area contributed by atoms with Crippen LogP contribution in [0.4, 0.5) is 5.82 Å². The highest BCUT2D eigenvalue weighted by Gasteiger charge is 2.22. The highest BCUT2D eigenvalue weighted by Crippen LogP contribution is 2.18. The largest absolute Gasteiger partial charge is 0.383 e. The second-order valence-electron chi connectivity index (χ2n) is 4.87. The summed E-state index contributed by atoms with van der Waals surface area (Å²) in [6.45, 7) is 7.02. The maximum atomic E-state index is 11.3. The fraction of sp³-hybridized carbons (Fsp3) is 0.667. The van der Waals surface area contributed by atoms with Crippen LogP contribution >= 0.6 is 11.8 Å². The molecule has 7 heteroatoms. The summed E-state index contributed by atoms with van der Waals surface area (Å²) in [5, 5.41) is 0.551. The topological polar surface area (TPSA) is 84.2 Å². The second-order valence-corrected chi connectivity index (χ2v) is 5.88. The van der Waals surface area contributed by atoms with Gasteiger partial charge in [-0.25, -0.2) is 4.98 Å². The van der Waals surface area contributed by atoms with E-state index in [1.807, 2.05) is 0 Å². The van der Waals surface area contributed by atoms with E-state index in [0.29, 0.717) is 11.2 Å². The van der Waals surface area contributed by atoms with Crippen molar-refractivity contribution in [2.24, 2.45) is 0 Å². The number of hydrogen-bond donors (Lipinski definition) is 2. The molecule has 2 rings (SSSR count). The van der Waals surface area contributed by atoms with Gasteiger partial charge in [0.05, 0.1) is 12.7 Å². The first-order chi connectivity index (χ1) is 9.04. The van der Waals surface area contributed by atoms with Gasteiger partial charge in [0.1, 0.15) is 5.82 Å². The number of rotatable bonds is 4. The van der Waals surface area contributed by atoms with Crippen LogP contribution in [0, 0.1) is 0 Å². The molecule has 1 aromatic heterocycles. The molecule has 1 fully saturated rings. The number of thioether (sulfide) groups is 1. The lowest BCUT2D eigenvalue weighted by Gasteiger charge is -2.35. The van der Waals surface area contributed by atoms with Crippen LogP contribution in [-0.4, -0.2) is 52.5 Å². The molecule has 2 heterocycles. The summed E-state index contributed by atoms with van der Waals surface area (Å²) in [6.07, 6.45) is 0.160. The molecule has 106 valence electrons. The number of anilines is 1. The SMILES string of the molecule is CC(C)N1CCOC(CSc2nc(N)cc(=O)[nH]2)C1. The molecule has 1 saturated heterocycles. The van der Waals surface area contributed by atoms with Gasteiger partial charge in [-0.15, -0.1) is 0 Å². The van der Waals surface area contributed by atoms with Crippen LogP contribution in [0.15, 0.2) is 16.0 Å². The monoisotopic (exact) mass is 284 g/mol. The normalized spacial score (nSPS) is 20.9. The van der Waals surface area contributed by atoms with E-state index in [2.05, 4.69) is 28.7 Å². The summed E-state index contributed by atoms with van der Waals surface area (Å²) >= 11 is 1.47. The van der Waals surface area contributed by atoms with Crippen LogP contribution in [0.1, 0.15) is 13.8 Å².